The Kier molecular flexibility index (Phi) is 5.41. The van der Waals surface area contributed by atoms with Gasteiger partial charge in [-0.05, 0) is 18.6 Å². The van der Waals surface area contributed by atoms with E-state index in [-0.39, 0.29) is 24.1 Å². The number of carboxylic acid groups (broad SMARTS) is 1. The standard InChI is InChI=1S/C19H17ClN4O5/c20-16-15-17(22-9-21-16)24(10-23-15)18-12(7-14(25)26)6-13(29-18)8-28-19(27)11-4-2-1-3-5-11/h1-5,9-10,12-13,18H,6-8H2,(H,25,26)/t12-,13+,18-/m1/s1. The average molecular weight is 417 g/mol. The molecule has 0 spiro atoms. The monoisotopic (exact) mass is 416 g/mol. The number of ether oxygens (including phenoxy) is 2. The number of aliphatic carboxylic acids is 1. The van der Waals surface area contributed by atoms with Crippen LogP contribution in [0.1, 0.15) is 29.4 Å². The number of benzene rings is 1. The van der Waals surface area contributed by atoms with E-state index in [1.807, 2.05) is 6.07 Å². The number of nitrogens with zero attached hydrogens (tertiary/aromatic N) is 4. The van der Waals surface area contributed by atoms with E-state index >= 15 is 0 Å². The molecule has 0 unspecified atom stereocenters. The summed E-state index contributed by atoms with van der Waals surface area (Å²) in [5.74, 6) is -1.75. The lowest BCUT2D eigenvalue weighted by molar-refractivity contribution is -0.139. The van der Waals surface area contributed by atoms with Gasteiger partial charge in [-0.3, -0.25) is 9.36 Å². The second-order valence-corrected chi connectivity index (χ2v) is 7.05. The maximum Gasteiger partial charge on any atom is 0.338 e. The van der Waals surface area contributed by atoms with Crippen molar-refractivity contribution in [3.63, 3.8) is 0 Å². The van der Waals surface area contributed by atoms with Gasteiger partial charge in [0.05, 0.1) is 24.4 Å². The quantitative estimate of drug-likeness (QED) is 0.481. The average Bonchev–Trinajstić information content (AvgIpc) is 3.31. The summed E-state index contributed by atoms with van der Waals surface area (Å²) in [6, 6.07) is 8.63. The molecule has 1 aliphatic rings. The molecule has 0 saturated carbocycles. The fourth-order valence-corrected chi connectivity index (χ4v) is 3.64. The SMILES string of the molecule is O=C(O)C[C@H]1C[C@@H](COC(=O)c2ccccc2)O[C@H]1n1cnc2c(Cl)ncnc21. The van der Waals surface area contributed by atoms with Crippen molar-refractivity contribution < 1.29 is 24.2 Å². The maximum absolute atomic E-state index is 12.2. The number of esters is 1. The molecule has 1 saturated heterocycles. The van der Waals surface area contributed by atoms with Crippen molar-refractivity contribution >= 4 is 34.7 Å². The summed E-state index contributed by atoms with van der Waals surface area (Å²) in [5.41, 5.74) is 1.30. The van der Waals surface area contributed by atoms with Crippen LogP contribution in [-0.2, 0) is 14.3 Å². The molecule has 1 fully saturated rings. The van der Waals surface area contributed by atoms with Gasteiger partial charge in [0.15, 0.2) is 10.8 Å². The lowest BCUT2D eigenvalue weighted by Crippen LogP contribution is -2.19. The molecule has 0 radical (unpaired) electrons. The van der Waals surface area contributed by atoms with E-state index in [1.54, 1.807) is 28.8 Å². The number of hydrogen-bond acceptors (Lipinski definition) is 7. The van der Waals surface area contributed by atoms with Crippen LogP contribution >= 0.6 is 11.6 Å². The number of halogens is 1. The van der Waals surface area contributed by atoms with Crippen LogP contribution < -0.4 is 0 Å². The highest BCUT2D eigenvalue weighted by molar-refractivity contribution is 6.33. The molecule has 150 valence electrons. The minimum atomic E-state index is -0.942. The molecule has 29 heavy (non-hydrogen) atoms. The molecule has 3 heterocycles. The predicted octanol–water partition coefficient (Wildman–Crippen LogP) is 2.72. The molecule has 0 aliphatic carbocycles. The summed E-state index contributed by atoms with van der Waals surface area (Å²) in [4.78, 5) is 35.8. The lowest BCUT2D eigenvalue weighted by Gasteiger charge is -2.19. The highest BCUT2D eigenvalue weighted by Gasteiger charge is 2.39. The van der Waals surface area contributed by atoms with Gasteiger partial charge >= 0.3 is 11.9 Å². The number of imidazole rings is 1. The van der Waals surface area contributed by atoms with Gasteiger partial charge in [0, 0.05) is 5.92 Å². The summed E-state index contributed by atoms with van der Waals surface area (Å²) in [5, 5.41) is 9.49. The summed E-state index contributed by atoms with van der Waals surface area (Å²) >= 11 is 6.05. The van der Waals surface area contributed by atoms with Crippen molar-refractivity contribution in [1.29, 1.82) is 0 Å². The highest BCUT2D eigenvalue weighted by atomic mass is 35.5. The molecule has 3 aromatic rings. The number of fused-ring (bicyclic) bond motifs is 1. The van der Waals surface area contributed by atoms with Crippen LogP contribution in [0.2, 0.25) is 5.15 Å². The molecule has 1 aromatic carbocycles. The van der Waals surface area contributed by atoms with Crippen LogP contribution in [0.25, 0.3) is 11.2 Å². The lowest BCUT2D eigenvalue weighted by atomic mass is 9.99. The Balaban J connectivity index is 1.51. The first-order valence-electron chi connectivity index (χ1n) is 8.95. The third-order valence-electron chi connectivity index (χ3n) is 4.74. The highest BCUT2D eigenvalue weighted by Crippen LogP contribution is 2.38. The van der Waals surface area contributed by atoms with Crippen LogP contribution in [0.15, 0.2) is 43.0 Å². The number of carbonyl (C=O) groups is 2. The zero-order chi connectivity index (χ0) is 20.4. The van der Waals surface area contributed by atoms with Gasteiger partial charge in [0.2, 0.25) is 0 Å². The van der Waals surface area contributed by atoms with Gasteiger partial charge in [0.25, 0.3) is 0 Å². The third kappa shape index (κ3) is 4.06. The van der Waals surface area contributed by atoms with Gasteiger partial charge in [0.1, 0.15) is 24.7 Å². The largest absolute Gasteiger partial charge is 0.481 e. The summed E-state index contributed by atoms with van der Waals surface area (Å²) < 4.78 is 13.0. The van der Waals surface area contributed by atoms with Crippen molar-refractivity contribution in [3.05, 3.63) is 53.7 Å². The van der Waals surface area contributed by atoms with Gasteiger partial charge in [-0.2, -0.15) is 0 Å². The Bertz CT molecular complexity index is 1040. The molecule has 0 bridgehead atoms. The summed E-state index contributed by atoms with van der Waals surface area (Å²) in [7, 11) is 0. The summed E-state index contributed by atoms with van der Waals surface area (Å²) in [6.07, 6.45) is 2.05. The zero-order valence-corrected chi connectivity index (χ0v) is 15.9. The Labute approximate surface area is 170 Å². The first-order valence-corrected chi connectivity index (χ1v) is 9.33. The van der Waals surface area contributed by atoms with E-state index in [9.17, 15) is 14.7 Å². The number of rotatable bonds is 6. The molecule has 10 heteroatoms. The Hall–Kier alpha value is -3.04. The fraction of sp³-hybridized carbons (Fsp3) is 0.316. The van der Waals surface area contributed by atoms with E-state index in [0.717, 1.165) is 0 Å². The van der Waals surface area contributed by atoms with Crippen molar-refractivity contribution in [2.45, 2.75) is 25.2 Å². The molecule has 1 N–H and O–H groups in total. The molecule has 0 amide bonds. The number of aromatic nitrogens is 4. The van der Waals surface area contributed by atoms with Crippen molar-refractivity contribution in [2.24, 2.45) is 5.92 Å². The Morgan fingerprint density at radius 1 is 1.24 bits per heavy atom. The third-order valence-corrected chi connectivity index (χ3v) is 5.01. The molecule has 4 rings (SSSR count). The molecular weight excluding hydrogens is 400 g/mol. The fourth-order valence-electron chi connectivity index (χ4n) is 3.46. The van der Waals surface area contributed by atoms with Gasteiger partial charge in [-0.25, -0.2) is 19.7 Å². The predicted molar refractivity (Wildman–Crippen MR) is 101 cm³/mol. The molecule has 9 nitrogen and oxygen atoms in total. The van der Waals surface area contributed by atoms with Crippen molar-refractivity contribution in [3.8, 4) is 0 Å². The van der Waals surface area contributed by atoms with E-state index in [1.165, 1.54) is 12.7 Å². The van der Waals surface area contributed by atoms with Gasteiger partial charge in [-0.1, -0.05) is 29.8 Å². The molecule has 2 aromatic heterocycles. The second kappa shape index (κ2) is 8.14. The van der Waals surface area contributed by atoms with Crippen LogP contribution in [0.4, 0.5) is 0 Å². The Morgan fingerprint density at radius 2 is 2.03 bits per heavy atom. The smallest absolute Gasteiger partial charge is 0.338 e. The van der Waals surface area contributed by atoms with Crippen LogP contribution in [0.5, 0.6) is 0 Å². The molecule has 1 aliphatic heterocycles. The number of carboxylic acids is 1. The van der Waals surface area contributed by atoms with Crippen LogP contribution in [0, 0.1) is 5.92 Å². The van der Waals surface area contributed by atoms with E-state index in [4.69, 9.17) is 21.1 Å². The van der Waals surface area contributed by atoms with Gasteiger partial charge < -0.3 is 14.6 Å². The summed E-state index contributed by atoms with van der Waals surface area (Å²) in [6.45, 7) is 0.0166. The van der Waals surface area contributed by atoms with E-state index < -0.39 is 24.3 Å². The second-order valence-electron chi connectivity index (χ2n) is 6.70. The van der Waals surface area contributed by atoms with Gasteiger partial charge in [-0.15, -0.1) is 0 Å². The zero-order valence-electron chi connectivity index (χ0n) is 15.1. The topological polar surface area (TPSA) is 116 Å². The minimum absolute atomic E-state index is 0.0166. The van der Waals surface area contributed by atoms with Crippen LogP contribution in [0.3, 0.4) is 0 Å². The molecule has 3 atom stereocenters. The van der Waals surface area contributed by atoms with Crippen molar-refractivity contribution in [1.82, 2.24) is 19.5 Å². The minimum Gasteiger partial charge on any atom is -0.481 e. The maximum atomic E-state index is 12.2. The van der Waals surface area contributed by atoms with Crippen molar-refractivity contribution in [2.75, 3.05) is 6.61 Å². The molecular formula is C19H17ClN4O5. The first kappa shape index (κ1) is 19.3. The van der Waals surface area contributed by atoms with Crippen LogP contribution in [-0.4, -0.2) is 49.3 Å². The normalized spacial score (nSPS) is 21.3. The first-order chi connectivity index (χ1) is 14.0. The Morgan fingerprint density at radius 3 is 2.79 bits per heavy atom. The van der Waals surface area contributed by atoms with E-state index in [2.05, 4.69) is 15.0 Å². The number of carbonyl (C=O) groups excluding carboxylic acids is 1. The van der Waals surface area contributed by atoms with E-state index in [0.29, 0.717) is 23.1 Å². The number of hydrogen-bond donors (Lipinski definition) is 1.